The molecular weight excluding hydrogens is 248 g/mol. The van der Waals surface area contributed by atoms with Gasteiger partial charge in [0.25, 0.3) is 0 Å². The zero-order valence-corrected chi connectivity index (χ0v) is 11.6. The van der Waals surface area contributed by atoms with E-state index < -0.39 is 0 Å². The average molecular weight is 265 g/mol. The van der Waals surface area contributed by atoms with Crippen LogP contribution in [0.2, 0.25) is 5.02 Å². The zero-order valence-electron chi connectivity index (χ0n) is 10.8. The molecule has 0 unspecified atom stereocenters. The lowest BCUT2D eigenvalue weighted by atomic mass is 10.1. The minimum Gasteiger partial charge on any atom is -0.443 e. The molecule has 1 aromatic heterocycles. The fourth-order valence-corrected chi connectivity index (χ4v) is 2.02. The summed E-state index contributed by atoms with van der Waals surface area (Å²) in [7, 11) is 0. The minimum absolute atomic E-state index is 0.417. The molecule has 0 bridgehead atoms. The third kappa shape index (κ3) is 2.92. The van der Waals surface area contributed by atoms with Gasteiger partial charge in [0.15, 0.2) is 12.2 Å². The molecule has 1 heterocycles. The van der Waals surface area contributed by atoms with Crippen molar-refractivity contribution < 1.29 is 4.42 Å². The van der Waals surface area contributed by atoms with Crippen LogP contribution >= 0.6 is 11.6 Å². The Morgan fingerprint density at radius 1 is 1.39 bits per heavy atom. The fourth-order valence-electron chi connectivity index (χ4n) is 1.80. The molecule has 4 heteroatoms. The SMILES string of the molecule is Cc1cc(Cl)ccc1-c1ocnc1CNC(C)C. The maximum absolute atomic E-state index is 5.96. The van der Waals surface area contributed by atoms with E-state index in [-0.39, 0.29) is 0 Å². The van der Waals surface area contributed by atoms with Gasteiger partial charge in [-0.1, -0.05) is 25.4 Å². The van der Waals surface area contributed by atoms with Gasteiger partial charge in [0, 0.05) is 23.2 Å². The number of oxazole rings is 1. The number of halogens is 1. The van der Waals surface area contributed by atoms with E-state index in [0.717, 1.165) is 27.6 Å². The van der Waals surface area contributed by atoms with Crippen molar-refractivity contribution in [3.8, 4) is 11.3 Å². The summed E-state index contributed by atoms with van der Waals surface area (Å²) < 4.78 is 5.51. The van der Waals surface area contributed by atoms with E-state index in [4.69, 9.17) is 16.0 Å². The van der Waals surface area contributed by atoms with Crippen molar-refractivity contribution in [3.05, 3.63) is 40.9 Å². The second kappa shape index (κ2) is 5.55. The summed E-state index contributed by atoms with van der Waals surface area (Å²) in [5, 5.41) is 4.07. The Morgan fingerprint density at radius 2 is 2.17 bits per heavy atom. The average Bonchev–Trinajstić information content (AvgIpc) is 2.74. The number of nitrogens with zero attached hydrogens (tertiary/aromatic N) is 1. The molecule has 2 aromatic rings. The molecular formula is C14H17ClN2O. The number of benzene rings is 1. The van der Waals surface area contributed by atoms with Crippen molar-refractivity contribution in [2.24, 2.45) is 0 Å². The van der Waals surface area contributed by atoms with E-state index >= 15 is 0 Å². The van der Waals surface area contributed by atoms with E-state index in [1.54, 1.807) is 0 Å². The maximum Gasteiger partial charge on any atom is 0.181 e. The molecule has 3 nitrogen and oxygen atoms in total. The monoisotopic (exact) mass is 264 g/mol. The number of nitrogens with one attached hydrogen (secondary N) is 1. The lowest BCUT2D eigenvalue weighted by molar-refractivity contribution is 0.562. The van der Waals surface area contributed by atoms with Crippen molar-refractivity contribution >= 4 is 11.6 Å². The molecule has 0 saturated heterocycles. The topological polar surface area (TPSA) is 38.1 Å². The van der Waals surface area contributed by atoms with Crippen LogP contribution in [0.5, 0.6) is 0 Å². The summed E-state index contributed by atoms with van der Waals surface area (Å²) in [6.45, 7) is 6.93. The lowest BCUT2D eigenvalue weighted by Crippen LogP contribution is -2.22. The van der Waals surface area contributed by atoms with Crippen LogP contribution in [0.3, 0.4) is 0 Å². The molecule has 0 saturated carbocycles. The van der Waals surface area contributed by atoms with Gasteiger partial charge in [-0.15, -0.1) is 0 Å². The van der Waals surface area contributed by atoms with Gasteiger partial charge in [-0.2, -0.15) is 0 Å². The maximum atomic E-state index is 5.96. The first kappa shape index (κ1) is 13.1. The van der Waals surface area contributed by atoms with Crippen LogP contribution in [0.1, 0.15) is 25.1 Å². The van der Waals surface area contributed by atoms with E-state index in [1.165, 1.54) is 6.39 Å². The van der Waals surface area contributed by atoms with Crippen LogP contribution in [0.4, 0.5) is 0 Å². The van der Waals surface area contributed by atoms with Gasteiger partial charge in [-0.05, 0) is 30.7 Å². The predicted molar refractivity (Wildman–Crippen MR) is 73.7 cm³/mol. The normalized spacial score (nSPS) is 11.2. The predicted octanol–water partition coefficient (Wildman–Crippen LogP) is 3.80. The molecule has 0 aliphatic heterocycles. The largest absolute Gasteiger partial charge is 0.443 e. The molecule has 1 aromatic carbocycles. The Bertz CT molecular complexity index is 534. The Labute approximate surface area is 112 Å². The molecule has 1 N–H and O–H groups in total. The van der Waals surface area contributed by atoms with Gasteiger partial charge in [0.2, 0.25) is 0 Å². The highest BCUT2D eigenvalue weighted by molar-refractivity contribution is 6.30. The van der Waals surface area contributed by atoms with Crippen molar-refractivity contribution in [3.63, 3.8) is 0 Å². The lowest BCUT2D eigenvalue weighted by Gasteiger charge is -2.08. The molecule has 18 heavy (non-hydrogen) atoms. The van der Waals surface area contributed by atoms with E-state index in [1.807, 2.05) is 25.1 Å². The molecule has 0 fully saturated rings. The van der Waals surface area contributed by atoms with Crippen LogP contribution in [-0.2, 0) is 6.54 Å². The first-order chi connectivity index (χ1) is 8.58. The number of aromatic nitrogens is 1. The second-order valence-corrected chi connectivity index (χ2v) is 5.06. The summed E-state index contributed by atoms with van der Waals surface area (Å²) in [6.07, 6.45) is 1.49. The Balaban J connectivity index is 2.30. The first-order valence-electron chi connectivity index (χ1n) is 6.00. The standard InChI is InChI=1S/C14H17ClN2O/c1-9(2)16-7-13-14(18-8-17-13)12-5-4-11(15)6-10(12)3/h4-6,8-9,16H,7H2,1-3H3. The highest BCUT2D eigenvalue weighted by Gasteiger charge is 2.13. The van der Waals surface area contributed by atoms with Crippen LogP contribution in [0, 0.1) is 6.92 Å². The van der Waals surface area contributed by atoms with Gasteiger partial charge < -0.3 is 9.73 Å². The minimum atomic E-state index is 0.417. The Kier molecular flexibility index (Phi) is 4.04. The Morgan fingerprint density at radius 3 is 2.83 bits per heavy atom. The molecule has 0 amide bonds. The van der Waals surface area contributed by atoms with E-state index in [9.17, 15) is 0 Å². The van der Waals surface area contributed by atoms with Crippen LogP contribution in [0.25, 0.3) is 11.3 Å². The number of hydrogen-bond donors (Lipinski definition) is 1. The van der Waals surface area contributed by atoms with Crippen LogP contribution in [0.15, 0.2) is 29.0 Å². The Hall–Kier alpha value is -1.32. The van der Waals surface area contributed by atoms with Gasteiger partial charge in [0.05, 0.1) is 0 Å². The van der Waals surface area contributed by atoms with E-state index in [2.05, 4.69) is 24.1 Å². The summed E-state index contributed by atoms with van der Waals surface area (Å²) >= 11 is 5.96. The molecule has 2 rings (SSSR count). The molecule has 0 radical (unpaired) electrons. The second-order valence-electron chi connectivity index (χ2n) is 4.62. The first-order valence-corrected chi connectivity index (χ1v) is 6.38. The molecule has 0 atom stereocenters. The smallest absolute Gasteiger partial charge is 0.181 e. The molecule has 96 valence electrons. The van der Waals surface area contributed by atoms with Crippen molar-refractivity contribution in [2.45, 2.75) is 33.4 Å². The third-order valence-electron chi connectivity index (χ3n) is 2.75. The molecule has 0 aliphatic rings. The van der Waals surface area contributed by atoms with Crippen LogP contribution < -0.4 is 5.32 Å². The highest BCUT2D eigenvalue weighted by Crippen LogP contribution is 2.28. The quantitative estimate of drug-likeness (QED) is 0.913. The highest BCUT2D eigenvalue weighted by atomic mass is 35.5. The van der Waals surface area contributed by atoms with Crippen LogP contribution in [-0.4, -0.2) is 11.0 Å². The summed E-state index contributed by atoms with van der Waals surface area (Å²) in [4.78, 5) is 4.27. The van der Waals surface area contributed by atoms with Gasteiger partial charge in [-0.3, -0.25) is 0 Å². The zero-order chi connectivity index (χ0) is 13.1. The summed E-state index contributed by atoms with van der Waals surface area (Å²) in [5.41, 5.74) is 3.05. The van der Waals surface area contributed by atoms with Crippen molar-refractivity contribution in [1.29, 1.82) is 0 Å². The van der Waals surface area contributed by atoms with Crippen molar-refractivity contribution in [1.82, 2.24) is 10.3 Å². The molecule has 0 spiro atoms. The van der Waals surface area contributed by atoms with Gasteiger partial charge in [0.1, 0.15) is 5.69 Å². The fraction of sp³-hybridized carbons (Fsp3) is 0.357. The van der Waals surface area contributed by atoms with Gasteiger partial charge in [-0.25, -0.2) is 4.98 Å². The number of rotatable bonds is 4. The third-order valence-corrected chi connectivity index (χ3v) is 2.99. The molecule has 0 aliphatic carbocycles. The van der Waals surface area contributed by atoms with Crippen molar-refractivity contribution in [2.75, 3.05) is 0 Å². The number of hydrogen-bond acceptors (Lipinski definition) is 3. The van der Waals surface area contributed by atoms with Gasteiger partial charge >= 0.3 is 0 Å². The number of aryl methyl sites for hydroxylation is 1. The summed E-state index contributed by atoms with van der Waals surface area (Å²) in [5.74, 6) is 0.817. The van der Waals surface area contributed by atoms with E-state index in [0.29, 0.717) is 12.6 Å². The summed E-state index contributed by atoms with van der Waals surface area (Å²) in [6, 6.07) is 6.18.